The van der Waals surface area contributed by atoms with Crippen LogP contribution in [0.5, 0.6) is 0 Å². The Bertz CT molecular complexity index is 1240. The number of aryl methyl sites for hydroxylation is 1. The zero-order valence-electron chi connectivity index (χ0n) is 18.2. The second-order valence-electron chi connectivity index (χ2n) is 7.53. The summed E-state index contributed by atoms with van der Waals surface area (Å²) in [6, 6.07) is 10.6. The fourth-order valence-corrected chi connectivity index (χ4v) is 4.77. The van der Waals surface area contributed by atoms with Gasteiger partial charge in [0.1, 0.15) is 6.04 Å². The van der Waals surface area contributed by atoms with Crippen molar-refractivity contribution in [3.8, 4) is 0 Å². The number of carbonyl (C=O) groups excluding carboxylic acids is 1. The summed E-state index contributed by atoms with van der Waals surface area (Å²) < 4.78 is 1.72. The minimum absolute atomic E-state index is 0.231. The van der Waals surface area contributed by atoms with Gasteiger partial charge in [0.05, 0.1) is 5.57 Å². The third-order valence-corrected chi connectivity index (χ3v) is 6.74. The maximum atomic E-state index is 13.6. The van der Waals surface area contributed by atoms with Gasteiger partial charge in [-0.15, -0.1) is 5.10 Å². The van der Waals surface area contributed by atoms with Crippen molar-refractivity contribution >= 4 is 52.5 Å². The third kappa shape index (κ3) is 4.25. The number of nitrogens with zero attached hydrogens (tertiary/aromatic N) is 3. The van der Waals surface area contributed by atoms with E-state index in [1.165, 1.54) is 11.8 Å². The van der Waals surface area contributed by atoms with Crippen LogP contribution in [0, 0.1) is 13.8 Å². The van der Waals surface area contributed by atoms with Crippen LogP contribution in [0.3, 0.4) is 0 Å². The SMILES string of the molecule is CCSc1nc2n(n1)C(c1ccc(Cl)cc1Cl)C(C(=O)Nc1cccc(C)c1C)=C(C)N2. The molecule has 0 fully saturated rings. The van der Waals surface area contributed by atoms with Gasteiger partial charge in [-0.05, 0) is 55.9 Å². The van der Waals surface area contributed by atoms with E-state index in [1.54, 1.807) is 16.8 Å². The van der Waals surface area contributed by atoms with Gasteiger partial charge >= 0.3 is 0 Å². The molecule has 1 amide bonds. The Hall–Kier alpha value is -2.48. The molecular weight excluding hydrogens is 465 g/mol. The average Bonchev–Trinajstić information content (AvgIpc) is 3.13. The number of anilines is 2. The molecule has 166 valence electrons. The van der Waals surface area contributed by atoms with Crippen LogP contribution in [0.15, 0.2) is 52.8 Å². The lowest BCUT2D eigenvalue weighted by Crippen LogP contribution is -2.31. The molecule has 2 aromatic carbocycles. The molecule has 1 aliphatic heterocycles. The quantitative estimate of drug-likeness (QED) is 0.416. The Balaban J connectivity index is 1.82. The van der Waals surface area contributed by atoms with Crippen molar-refractivity contribution in [1.82, 2.24) is 14.8 Å². The van der Waals surface area contributed by atoms with Gasteiger partial charge in [-0.25, -0.2) is 4.68 Å². The van der Waals surface area contributed by atoms with Crippen molar-refractivity contribution in [3.05, 3.63) is 74.4 Å². The first-order chi connectivity index (χ1) is 15.3. The topological polar surface area (TPSA) is 71.8 Å². The van der Waals surface area contributed by atoms with E-state index in [2.05, 4.69) is 20.7 Å². The van der Waals surface area contributed by atoms with E-state index in [9.17, 15) is 4.79 Å². The van der Waals surface area contributed by atoms with Gasteiger partial charge in [0.2, 0.25) is 11.1 Å². The number of rotatable bonds is 5. The summed E-state index contributed by atoms with van der Waals surface area (Å²) in [7, 11) is 0. The Labute approximate surface area is 201 Å². The summed E-state index contributed by atoms with van der Waals surface area (Å²) in [6.07, 6.45) is 0. The van der Waals surface area contributed by atoms with E-state index in [-0.39, 0.29) is 5.91 Å². The molecule has 1 aliphatic rings. The minimum Gasteiger partial charge on any atom is -0.328 e. The van der Waals surface area contributed by atoms with Gasteiger partial charge in [-0.1, -0.05) is 60.1 Å². The van der Waals surface area contributed by atoms with Gasteiger partial charge in [0.25, 0.3) is 5.91 Å². The number of carbonyl (C=O) groups is 1. The normalized spacial score (nSPS) is 15.4. The largest absolute Gasteiger partial charge is 0.328 e. The zero-order valence-corrected chi connectivity index (χ0v) is 20.5. The summed E-state index contributed by atoms with van der Waals surface area (Å²) in [5.41, 5.74) is 4.82. The molecule has 3 aromatic rings. The van der Waals surface area contributed by atoms with E-state index in [0.717, 1.165) is 28.1 Å². The lowest BCUT2D eigenvalue weighted by molar-refractivity contribution is -0.113. The molecule has 0 radical (unpaired) electrons. The maximum Gasteiger partial charge on any atom is 0.255 e. The number of amides is 1. The van der Waals surface area contributed by atoms with Crippen LogP contribution in [0.25, 0.3) is 0 Å². The smallest absolute Gasteiger partial charge is 0.255 e. The number of benzene rings is 2. The van der Waals surface area contributed by atoms with Crippen molar-refractivity contribution in [2.75, 3.05) is 16.4 Å². The molecule has 6 nitrogen and oxygen atoms in total. The van der Waals surface area contributed by atoms with Crippen LogP contribution >= 0.6 is 35.0 Å². The molecule has 0 saturated carbocycles. The monoisotopic (exact) mass is 487 g/mol. The first-order valence-corrected chi connectivity index (χ1v) is 11.9. The van der Waals surface area contributed by atoms with Crippen LogP contribution in [0.2, 0.25) is 10.0 Å². The second-order valence-corrected chi connectivity index (χ2v) is 9.60. The van der Waals surface area contributed by atoms with Gasteiger partial charge in [-0.2, -0.15) is 4.98 Å². The van der Waals surface area contributed by atoms with Gasteiger partial charge in [0, 0.05) is 27.0 Å². The fourth-order valence-electron chi connectivity index (χ4n) is 3.70. The number of fused-ring (bicyclic) bond motifs is 1. The summed E-state index contributed by atoms with van der Waals surface area (Å²) in [5, 5.41) is 12.6. The summed E-state index contributed by atoms with van der Waals surface area (Å²) in [5.74, 6) is 1.17. The zero-order chi connectivity index (χ0) is 23.0. The van der Waals surface area contributed by atoms with Crippen LogP contribution in [-0.2, 0) is 4.79 Å². The average molecular weight is 488 g/mol. The van der Waals surface area contributed by atoms with Crippen LogP contribution in [-0.4, -0.2) is 26.4 Å². The van der Waals surface area contributed by atoms with E-state index in [4.69, 9.17) is 23.2 Å². The van der Waals surface area contributed by atoms with E-state index in [1.807, 2.05) is 52.0 Å². The molecular formula is C23H23Cl2N5OS. The lowest BCUT2D eigenvalue weighted by atomic mass is 9.94. The highest BCUT2D eigenvalue weighted by atomic mass is 35.5. The number of allylic oxidation sites excluding steroid dienone is 1. The van der Waals surface area contributed by atoms with E-state index in [0.29, 0.717) is 32.4 Å². The van der Waals surface area contributed by atoms with Crippen molar-refractivity contribution in [2.45, 2.75) is 38.9 Å². The highest BCUT2D eigenvalue weighted by Crippen LogP contribution is 2.40. The molecule has 0 aliphatic carbocycles. The number of hydrogen-bond donors (Lipinski definition) is 2. The predicted octanol–water partition coefficient (Wildman–Crippen LogP) is 6.24. The van der Waals surface area contributed by atoms with Crippen molar-refractivity contribution in [1.29, 1.82) is 0 Å². The number of nitrogens with one attached hydrogen (secondary N) is 2. The van der Waals surface area contributed by atoms with Crippen LogP contribution in [0.1, 0.15) is 36.6 Å². The molecule has 4 rings (SSSR count). The molecule has 0 spiro atoms. The molecule has 0 bridgehead atoms. The van der Waals surface area contributed by atoms with Gasteiger partial charge in [-0.3, -0.25) is 4.79 Å². The maximum absolute atomic E-state index is 13.6. The molecule has 9 heteroatoms. The number of halogens is 2. The highest BCUT2D eigenvalue weighted by Gasteiger charge is 2.35. The Morgan fingerprint density at radius 1 is 1.22 bits per heavy atom. The molecule has 2 heterocycles. The Morgan fingerprint density at radius 3 is 2.72 bits per heavy atom. The standard InChI is InChI=1S/C23H23Cl2N5OS/c1-5-32-23-28-22-26-14(4)19(21(31)27-18-8-6-7-12(2)13(18)3)20(30(22)29-23)16-10-9-15(24)11-17(16)25/h6-11,20H,5H2,1-4H3,(H,27,31)(H,26,28,29). The summed E-state index contributed by atoms with van der Waals surface area (Å²) >= 11 is 14.3. The molecule has 2 N–H and O–H groups in total. The predicted molar refractivity (Wildman–Crippen MR) is 132 cm³/mol. The second kappa shape index (κ2) is 9.17. The molecule has 1 unspecified atom stereocenters. The van der Waals surface area contributed by atoms with Crippen LogP contribution in [0.4, 0.5) is 11.6 Å². The van der Waals surface area contributed by atoms with Crippen molar-refractivity contribution in [3.63, 3.8) is 0 Å². The number of aromatic nitrogens is 3. The Morgan fingerprint density at radius 2 is 2.00 bits per heavy atom. The minimum atomic E-state index is -0.556. The lowest BCUT2D eigenvalue weighted by Gasteiger charge is -2.29. The van der Waals surface area contributed by atoms with E-state index >= 15 is 0 Å². The molecule has 32 heavy (non-hydrogen) atoms. The van der Waals surface area contributed by atoms with E-state index < -0.39 is 6.04 Å². The summed E-state index contributed by atoms with van der Waals surface area (Å²) in [4.78, 5) is 18.2. The Kier molecular flexibility index (Phi) is 6.51. The van der Waals surface area contributed by atoms with Crippen molar-refractivity contribution in [2.24, 2.45) is 0 Å². The van der Waals surface area contributed by atoms with Gasteiger partial charge in [0.15, 0.2) is 0 Å². The number of thioether (sulfide) groups is 1. The first kappa shape index (κ1) is 22.7. The fraction of sp³-hybridized carbons (Fsp3) is 0.261. The first-order valence-electron chi connectivity index (χ1n) is 10.2. The van der Waals surface area contributed by atoms with Crippen molar-refractivity contribution < 1.29 is 4.79 Å². The number of hydrogen-bond acceptors (Lipinski definition) is 5. The molecule has 1 atom stereocenters. The van der Waals surface area contributed by atoms with Gasteiger partial charge < -0.3 is 10.6 Å². The molecule has 1 aromatic heterocycles. The highest BCUT2D eigenvalue weighted by molar-refractivity contribution is 7.99. The summed E-state index contributed by atoms with van der Waals surface area (Å²) in [6.45, 7) is 7.91. The van der Waals surface area contributed by atoms with Crippen LogP contribution < -0.4 is 10.6 Å². The molecule has 0 saturated heterocycles. The third-order valence-electron chi connectivity index (χ3n) is 5.46.